The number of nitrogens with two attached hydrogens (primary N) is 1. The standard InChI is InChI=1S/C29H23N3O5/c1-2-29(36)21-13-24-26-17(14-32(24)27(34)20(21)15-37-28(29)35)12-19-16(6-5-9-23(19)31-26)10-11-25(33)18-7-3-4-8-22(18)30/h3-13,36H,2,14-15,30H2,1H3/b11-10+/t29-/m0/s1. The molecule has 2 aromatic heterocycles. The van der Waals surface area contributed by atoms with Gasteiger partial charge in [-0.2, -0.15) is 0 Å². The van der Waals surface area contributed by atoms with E-state index in [1.165, 1.54) is 6.08 Å². The van der Waals surface area contributed by atoms with Crippen molar-refractivity contribution < 1.29 is 19.4 Å². The lowest BCUT2D eigenvalue weighted by Crippen LogP contribution is -2.44. The molecular weight excluding hydrogens is 470 g/mol. The van der Waals surface area contributed by atoms with Crippen molar-refractivity contribution in [3.8, 4) is 11.4 Å². The molecule has 2 aliphatic heterocycles. The van der Waals surface area contributed by atoms with Crippen LogP contribution in [-0.4, -0.2) is 26.4 Å². The van der Waals surface area contributed by atoms with Gasteiger partial charge in [0.15, 0.2) is 11.4 Å². The van der Waals surface area contributed by atoms with Gasteiger partial charge >= 0.3 is 5.97 Å². The number of hydrogen-bond donors (Lipinski definition) is 2. The number of nitrogens with zero attached hydrogens (tertiary/aromatic N) is 2. The van der Waals surface area contributed by atoms with E-state index in [4.69, 9.17) is 15.5 Å². The second kappa shape index (κ2) is 8.25. The lowest BCUT2D eigenvalue weighted by Gasteiger charge is -2.31. The molecule has 3 N–H and O–H groups in total. The number of allylic oxidation sites excluding steroid dienone is 1. The first-order valence-electron chi connectivity index (χ1n) is 12.0. The minimum atomic E-state index is -1.87. The van der Waals surface area contributed by atoms with Crippen molar-refractivity contribution in [2.24, 2.45) is 0 Å². The molecule has 0 radical (unpaired) electrons. The number of nitrogen functional groups attached to an aromatic ring is 1. The fourth-order valence-corrected chi connectivity index (χ4v) is 5.15. The average molecular weight is 494 g/mol. The smallest absolute Gasteiger partial charge is 0.343 e. The number of hydrogen-bond acceptors (Lipinski definition) is 7. The van der Waals surface area contributed by atoms with Crippen molar-refractivity contribution >= 4 is 34.4 Å². The largest absolute Gasteiger partial charge is 0.458 e. The fraction of sp³-hybridized carbons (Fsp3) is 0.172. The summed E-state index contributed by atoms with van der Waals surface area (Å²) in [4.78, 5) is 43.3. The highest BCUT2D eigenvalue weighted by Crippen LogP contribution is 2.39. The topological polar surface area (TPSA) is 125 Å². The van der Waals surface area contributed by atoms with Gasteiger partial charge < -0.3 is 20.1 Å². The van der Waals surface area contributed by atoms with Crippen LogP contribution in [0.2, 0.25) is 0 Å². The van der Waals surface area contributed by atoms with Crippen LogP contribution in [0.3, 0.4) is 0 Å². The third-order valence-electron chi connectivity index (χ3n) is 7.23. The molecule has 0 unspecified atom stereocenters. The van der Waals surface area contributed by atoms with Crippen LogP contribution in [0.1, 0.15) is 46.0 Å². The molecule has 0 spiro atoms. The number of aromatic nitrogens is 2. The Morgan fingerprint density at radius 1 is 1.19 bits per heavy atom. The number of cyclic esters (lactones) is 1. The Bertz CT molecular complexity index is 1740. The lowest BCUT2D eigenvalue weighted by molar-refractivity contribution is -0.172. The van der Waals surface area contributed by atoms with Crippen LogP contribution in [0.25, 0.3) is 28.4 Å². The van der Waals surface area contributed by atoms with Gasteiger partial charge in [0, 0.05) is 27.8 Å². The van der Waals surface area contributed by atoms with E-state index in [1.54, 1.807) is 47.9 Å². The number of pyridine rings is 2. The van der Waals surface area contributed by atoms with E-state index >= 15 is 0 Å². The number of carbonyl (C=O) groups is 2. The van der Waals surface area contributed by atoms with Gasteiger partial charge in [0.05, 0.1) is 29.0 Å². The number of benzene rings is 2. The first-order valence-corrected chi connectivity index (χ1v) is 12.0. The van der Waals surface area contributed by atoms with Gasteiger partial charge in [-0.1, -0.05) is 37.3 Å². The summed E-state index contributed by atoms with van der Waals surface area (Å²) in [5, 5.41) is 11.9. The van der Waals surface area contributed by atoms with E-state index in [9.17, 15) is 19.5 Å². The van der Waals surface area contributed by atoms with Gasteiger partial charge in [-0.25, -0.2) is 9.78 Å². The van der Waals surface area contributed by atoms with Gasteiger partial charge in [0.1, 0.15) is 6.61 Å². The van der Waals surface area contributed by atoms with Crippen molar-refractivity contribution in [2.45, 2.75) is 32.1 Å². The highest BCUT2D eigenvalue weighted by atomic mass is 16.6. The van der Waals surface area contributed by atoms with Gasteiger partial charge in [0.2, 0.25) is 0 Å². The van der Waals surface area contributed by atoms with E-state index < -0.39 is 11.6 Å². The average Bonchev–Trinajstić information content (AvgIpc) is 3.26. The molecular formula is C29H23N3O5. The minimum Gasteiger partial charge on any atom is -0.458 e. The van der Waals surface area contributed by atoms with Crippen LogP contribution in [0.5, 0.6) is 0 Å². The molecule has 8 heteroatoms. The molecule has 0 aliphatic carbocycles. The van der Waals surface area contributed by atoms with Crippen molar-refractivity contribution in [1.82, 2.24) is 9.55 Å². The molecule has 0 saturated carbocycles. The summed E-state index contributed by atoms with van der Waals surface area (Å²) in [6.45, 7) is 1.80. The molecule has 0 saturated heterocycles. The third kappa shape index (κ3) is 3.41. The van der Waals surface area contributed by atoms with Crippen molar-refractivity contribution in [3.63, 3.8) is 0 Å². The fourth-order valence-electron chi connectivity index (χ4n) is 5.15. The van der Waals surface area contributed by atoms with Crippen LogP contribution in [0.15, 0.2) is 65.5 Å². The maximum absolute atomic E-state index is 13.4. The summed E-state index contributed by atoms with van der Waals surface area (Å²) in [5.74, 6) is -0.950. The second-order valence-electron chi connectivity index (χ2n) is 9.30. The van der Waals surface area contributed by atoms with E-state index in [1.807, 2.05) is 24.3 Å². The number of para-hydroxylation sites is 1. The summed E-state index contributed by atoms with van der Waals surface area (Å²) in [6.07, 6.45) is 3.31. The zero-order valence-corrected chi connectivity index (χ0v) is 20.0. The second-order valence-corrected chi connectivity index (χ2v) is 9.30. The minimum absolute atomic E-state index is 0.0861. The quantitative estimate of drug-likeness (QED) is 0.170. The summed E-state index contributed by atoms with van der Waals surface area (Å²) >= 11 is 0. The number of anilines is 1. The third-order valence-corrected chi connectivity index (χ3v) is 7.23. The molecule has 8 nitrogen and oxygen atoms in total. The Morgan fingerprint density at radius 3 is 2.78 bits per heavy atom. The van der Waals surface area contributed by atoms with Gasteiger partial charge in [-0.05, 0) is 48.4 Å². The molecule has 0 bridgehead atoms. The SMILES string of the molecule is CC[C@@]1(O)C(=O)OCc2c1cc1n(c2=O)Cc2cc3c(/C=C/C(=O)c4ccccc4N)cccc3nc2-1. The number of ketones is 1. The zero-order chi connectivity index (χ0) is 25.9. The Balaban J connectivity index is 1.45. The van der Waals surface area contributed by atoms with Crippen molar-refractivity contribution in [3.05, 3.63) is 98.8 Å². The molecule has 0 amide bonds. The molecule has 2 aromatic carbocycles. The number of fused-ring (bicyclic) bond motifs is 5. The maximum Gasteiger partial charge on any atom is 0.343 e. The number of ether oxygens (including phenoxy) is 1. The number of aliphatic hydroxyl groups is 1. The van der Waals surface area contributed by atoms with E-state index in [0.717, 1.165) is 16.5 Å². The predicted octanol–water partition coefficient (Wildman–Crippen LogP) is 3.56. The van der Waals surface area contributed by atoms with Gasteiger partial charge in [-0.3, -0.25) is 9.59 Å². The maximum atomic E-state index is 13.4. The van der Waals surface area contributed by atoms with Crippen molar-refractivity contribution in [2.75, 3.05) is 5.73 Å². The Kier molecular flexibility index (Phi) is 5.10. The molecule has 2 aliphatic rings. The van der Waals surface area contributed by atoms with Gasteiger partial charge in [-0.15, -0.1) is 0 Å². The first kappa shape index (κ1) is 22.9. The zero-order valence-electron chi connectivity index (χ0n) is 20.0. The molecule has 37 heavy (non-hydrogen) atoms. The highest BCUT2D eigenvalue weighted by molar-refractivity contribution is 6.10. The normalized spacial score (nSPS) is 17.9. The number of carbonyl (C=O) groups excluding carboxylic acids is 2. The number of esters is 1. The molecule has 6 rings (SSSR count). The Labute approximate surface area is 211 Å². The molecule has 1 atom stereocenters. The Morgan fingerprint density at radius 2 is 2.00 bits per heavy atom. The van der Waals surface area contributed by atoms with Crippen LogP contribution < -0.4 is 11.3 Å². The summed E-state index contributed by atoms with van der Waals surface area (Å²) in [5.41, 5.74) is 8.70. The predicted molar refractivity (Wildman–Crippen MR) is 139 cm³/mol. The molecule has 4 heterocycles. The van der Waals surface area contributed by atoms with Crippen LogP contribution in [-0.2, 0) is 28.3 Å². The van der Waals surface area contributed by atoms with Crippen LogP contribution >= 0.6 is 0 Å². The number of rotatable bonds is 4. The summed E-state index contributed by atoms with van der Waals surface area (Å²) in [6, 6.07) is 16.2. The Hall–Kier alpha value is -4.56. The van der Waals surface area contributed by atoms with E-state index in [0.29, 0.717) is 34.7 Å². The monoisotopic (exact) mass is 493 g/mol. The molecule has 0 fully saturated rings. The summed E-state index contributed by atoms with van der Waals surface area (Å²) < 4.78 is 6.73. The highest BCUT2D eigenvalue weighted by Gasteiger charge is 2.45. The lowest BCUT2D eigenvalue weighted by atomic mass is 9.86. The summed E-state index contributed by atoms with van der Waals surface area (Å²) in [7, 11) is 0. The van der Waals surface area contributed by atoms with Crippen LogP contribution in [0, 0.1) is 0 Å². The van der Waals surface area contributed by atoms with Crippen molar-refractivity contribution in [1.29, 1.82) is 0 Å². The van der Waals surface area contributed by atoms with E-state index in [2.05, 4.69) is 0 Å². The van der Waals surface area contributed by atoms with Gasteiger partial charge in [0.25, 0.3) is 5.56 Å². The van der Waals surface area contributed by atoms with E-state index in [-0.39, 0.29) is 35.5 Å². The first-order chi connectivity index (χ1) is 17.8. The molecule has 184 valence electrons. The molecule has 4 aromatic rings. The van der Waals surface area contributed by atoms with Crippen LogP contribution in [0.4, 0.5) is 5.69 Å².